The smallest absolute Gasteiger partial charge is 0.341 e. The molecule has 9 nitrogen and oxygen atoms in total. The molecular formula is C26H23Cl2N5O4. The minimum absolute atomic E-state index is 0.00600. The number of pyridine rings is 3. The standard InChI is InChI=1S/C26H23Cl2N5O4/c27-19-4-1-6-31-25(19)37-14-16-3-2-8-33(16)22-11-21-17(10-20(22)28)24(34)18(26(35)36)13-32(21)12-15-5-7-30-23(29)9-15/h1,4-7,9-11,13,16H,2-3,8,12,14H2,(H2,29,30)(H,35,36)/t16-/m1/s1. The van der Waals surface area contributed by atoms with Crippen LogP contribution in [0.1, 0.15) is 28.8 Å². The molecule has 0 saturated carbocycles. The van der Waals surface area contributed by atoms with E-state index in [9.17, 15) is 14.7 Å². The number of ether oxygens (including phenoxy) is 1. The summed E-state index contributed by atoms with van der Waals surface area (Å²) in [5.74, 6) is -0.592. The zero-order chi connectivity index (χ0) is 26.1. The Bertz CT molecular complexity index is 1560. The van der Waals surface area contributed by atoms with Crippen molar-refractivity contribution >= 4 is 51.6 Å². The second-order valence-electron chi connectivity index (χ2n) is 8.81. The van der Waals surface area contributed by atoms with E-state index in [4.69, 9.17) is 33.7 Å². The van der Waals surface area contributed by atoms with Gasteiger partial charge in [-0.05, 0) is 54.8 Å². The van der Waals surface area contributed by atoms with Crippen molar-refractivity contribution in [2.75, 3.05) is 23.8 Å². The fraction of sp³-hybridized carbons (Fsp3) is 0.231. The molecule has 0 amide bonds. The van der Waals surface area contributed by atoms with Gasteiger partial charge in [0, 0.05) is 37.1 Å². The van der Waals surface area contributed by atoms with E-state index >= 15 is 0 Å². The number of rotatable bonds is 7. The highest BCUT2D eigenvalue weighted by Crippen LogP contribution is 2.35. The zero-order valence-electron chi connectivity index (χ0n) is 19.6. The number of nitrogens with two attached hydrogens (primary N) is 1. The van der Waals surface area contributed by atoms with Gasteiger partial charge in [0.05, 0.1) is 22.3 Å². The van der Waals surface area contributed by atoms with Crippen LogP contribution in [0.2, 0.25) is 10.0 Å². The average Bonchev–Trinajstić information content (AvgIpc) is 3.33. The first-order chi connectivity index (χ1) is 17.8. The molecule has 4 aromatic rings. The quantitative estimate of drug-likeness (QED) is 0.352. The zero-order valence-corrected chi connectivity index (χ0v) is 21.1. The van der Waals surface area contributed by atoms with Crippen LogP contribution < -0.4 is 20.8 Å². The Morgan fingerprint density at radius 2 is 2.00 bits per heavy atom. The highest BCUT2D eigenvalue weighted by atomic mass is 35.5. The number of carbonyl (C=O) groups is 1. The van der Waals surface area contributed by atoms with E-state index in [2.05, 4.69) is 14.9 Å². The number of aromatic carboxylic acids is 1. The minimum Gasteiger partial charge on any atom is -0.477 e. The van der Waals surface area contributed by atoms with Gasteiger partial charge in [-0.3, -0.25) is 4.79 Å². The summed E-state index contributed by atoms with van der Waals surface area (Å²) in [5.41, 5.74) is 7.01. The summed E-state index contributed by atoms with van der Waals surface area (Å²) >= 11 is 12.9. The summed E-state index contributed by atoms with van der Waals surface area (Å²) in [4.78, 5) is 35.2. The molecule has 0 unspecified atom stereocenters. The maximum atomic E-state index is 13.0. The molecule has 0 spiro atoms. The highest BCUT2D eigenvalue weighted by molar-refractivity contribution is 6.34. The van der Waals surface area contributed by atoms with Gasteiger partial charge in [-0.1, -0.05) is 23.2 Å². The Balaban J connectivity index is 1.55. The minimum atomic E-state index is -1.31. The topological polar surface area (TPSA) is 124 Å². The predicted octanol–water partition coefficient (Wildman–Crippen LogP) is 4.47. The molecule has 1 aliphatic heterocycles. The molecule has 1 fully saturated rings. The molecule has 5 rings (SSSR count). The number of halogens is 2. The van der Waals surface area contributed by atoms with Crippen LogP contribution in [-0.2, 0) is 6.54 Å². The monoisotopic (exact) mass is 539 g/mol. The molecule has 37 heavy (non-hydrogen) atoms. The largest absolute Gasteiger partial charge is 0.477 e. The lowest BCUT2D eigenvalue weighted by Crippen LogP contribution is -2.34. The number of carboxylic acids is 1. The van der Waals surface area contributed by atoms with Crippen molar-refractivity contribution in [3.63, 3.8) is 0 Å². The molecule has 3 N–H and O–H groups in total. The third-order valence-electron chi connectivity index (χ3n) is 6.40. The molecule has 11 heteroatoms. The van der Waals surface area contributed by atoms with Gasteiger partial charge in [-0.25, -0.2) is 14.8 Å². The number of hydrogen-bond donors (Lipinski definition) is 2. The summed E-state index contributed by atoms with van der Waals surface area (Å²) < 4.78 is 7.64. The number of fused-ring (bicyclic) bond motifs is 1. The van der Waals surface area contributed by atoms with Crippen LogP contribution in [0.25, 0.3) is 10.9 Å². The van der Waals surface area contributed by atoms with E-state index in [1.165, 1.54) is 6.20 Å². The molecule has 0 bridgehead atoms. The van der Waals surface area contributed by atoms with Gasteiger partial charge in [0.15, 0.2) is 0 Å². The molecule has 1 atom stereocenters. The first kappa shape index (κ1) is 24.9. The predicted molar refractivity (Wildman–Crippen MR) is 143 cm³/mol. The lowest BCUT2D eigenvalue weighted by atomic mass is 10.1. The Labute approximate surface area is 222 Å². The van der Waals surface area contributed by atoms with E-state index in [1.54, 1.807) is 47.3 Å². The van der Waals surface area contributed by atoms with Crippen molar-refractivity contribution < 1.29 is 14.6 Å². The summed E-state index contributed by atoms with van der Waals surface area (Å²) in [6.45, 7) is 1.38. The van der Waals surface area contributed by atoms with Gasteiger partial charge in [-0.2, -0.15) is 0 Å². The van der Waals surface area contributed by atoms with Gasteiger partial charge in [0.2, 0.25) is 11.3 Å². The molecule has 3 aromatic heterocycles. The summed E-state index contributed by atoms with van der Waals surface area (Å²) in [7, 11) is 0. The van der Waals surface area contributed by atoms with E-state index in [1.807, 2.05) is 6.07 Å². The number of aromatic nitrogens is 3. The van der Waals surface area contributed by atoms with Crippen LogP contribution in [0.4, 0.5) is 11.5 Å². The van der Waals surface area contributed by atoms with Crippen LogP contribution in [0.5, 0.6) is 5.88 Å². The van der Waals surface area contributed by atoms with Gasteiger partial charge in [0.1, 0.15) is 23.0 Å². The van der Waals surface area contributed by atoms with E-state index in [-0.39, 0.29) is 23.5 Å². The second-order valence-corrected chi connectivity index (χ2v) is 9.62. The van der Waals surface area contributed by atoms with Gasteiger partial charge >= 0.3 is 5.97 Å². The lowest BCUT2D eigenvalue weighted by Gasteiger charge is -2.28. The van der Waals surface area contributed by atoms with Crippen LogP contribution in [-0.4, -0.2) is 44.8 Å². The first-order valence-electron chi connectivity index (χ1n) is 11.6. The average molecular weight is 540 g/mol. The van der Waals surface area contributed by atoms with Crippen LogP contribution in [0, 0.1) is 0 Å². The number of anilines is 2. The fourth-order valence-electron chi connectivity index (χ4n) is 4.67. The van der Waals surface area contributed by atoms with Crippen LogP contribution >= 0.6 is 23.2 Å². The molecular weight excluding hydrogens is 517 g/mol. The number of benzene rings is 1. The van der Waals surface area contributed by atoms with E-state index in [0.29, 0.717) is 33.9 Å². The number of hydrogen-bond acceptors (Lipinski definition) is 7. The Kier molecular flexibility index (Phi) is 6.90. The van der Waals surface area contributed by atoms with Crippen molar-refractivity contribution in [2.45, 2.75) is 25.4 Å². The van der Waals surface area contributed by atoms with Crippen molar-refractivity contribution in [2.24, 2.45) is 0 Å². The highest BCUT2D eigenvalue weighted by Gasteiger charge is 2.28. The first-order valence-corrected chi connectivity index (χ1v) is 12.4. The fourth-order valence-corrected chi connectivity index (χ4v) is 5.12. The Morgan fingerprint density at radius 3 is 2.76 bits per heavy atom. The van der Waals surface area contributed by atoms with Crippen LogP contribution in [0.3, 0.4) is 0 Å². The number of nitrogens with zero attached hydrogens (tertiary/aromatic N) is 4. The van der Waals surface area contributed by atoms with E-state index < -0.39 is 11.4 Å². The molecule has 190 valence electrons. The summed E-state index contributed by atoms with van der Waals surface area (Å²) in [6, 6.07) is 10.3. The molecule has 1 saturated heterocycles. The third-order valence-corrected chi connectivity index (χ3v) is 6.99. The maximum Gasteiger partial charge on any atom is 0.341 e. The van der Waals surface area contributed by atoms with Gasteiger partial charge in [0.25, 0.3) is 0 Å². The Morgan fingerprint density at radius 1 is 1.16 bits per heavy atom. The summed E-state index contributed by atoms with van der Waals surface area (Å²) in [6.07, 6.45) is 6.36. The van der Waals surface area contributed by atoms with Crippen molar-refractivity contribution in [3.8, 4) is 5.88 Å². The second kappa shape index (κ2) is 10.3. The number of nitrogen functional groups attached to an aromatic ring is 1. The maximum absolute atomic E-state index is 13.0. The third kappa shape index (κ3) is 5.05. The SMILES string of the molecule is Nc1cc(Cn2cc(C(=O)O)c(=O)c3cc(Cl)c(N4CCC[C@@H]4COc4ncccc4Cl)cc32)ccn1. The Hall–Kier alpha value is -3.82. The van der Waals surface area contributed by atoms with Crippen LogP contribution in [0.15, 0.2) is 59.8 Å². The number of carboxylic acid groups (broad SMARTS) is 1. The molecule has 1 aliphatic rings. The van der Waals surface area contributed by atoms with Crippen molar-refractivity contribution in [1.29, 1.82) is 0 Å². The molecule has 0 radical (unpaired) electrons. The normalized spacial score (nSPS) is 15.3. The van der Waals surface area contributed by atoms with Crippen molar-refractivity contribution in [1.82, 2.24) is 14.5 Å². The molecule has 0 aliphatic carbocycles. The molecule has 4 heterocycles. The van der Waals surface area contributed by atoms with Gasteiger partial charge < -0.3 is 25.0 Å². The summed E-state index contributed by atoms with van der Waals surface area (Å²) in [5, 5.41) is 10.7. The van der Waals surface area contributed by atoms with Crippen molar-refractivity contribution in [3.05, 3.63) is 86.4 Å². The van der Waals surface area contributed by atoms with Gasteiger partial charge in [-0.15, -0.1) is 0 Å². The molecule has 1 aromatic carbocycles. The lowest BCUT2D eigenvalue weighted by molar-refractivity contribution is 0.0695. The van der Waals surface area contributed by atoms with E-state index in [0.717, 1.165) is 30.6 Å².